The minimum Gasteiger partial charge on any atom is -0.468 e. The first-order chi connectivity index (χ1) is 9.17. The minimum atomic E-state index is 0.360. The maximum Gasteiger partial charge on any atom is 0.117 e. The van der Waals surface area contributed by atoms with Crippen molar-refractivity contribution in [3.63, 3.8) is 0 Å². The van der Waals surface area contributed by atoms with Crippen molar-refractivity contribution < 1.29 is 4.42 Å². The molecule has 108 valence electrons. The molecule has 1 unspecified atom stereocenters. The molecule has 3 nitrogen and oxygen atoms in total. The molecule has 1 aliphatic carbocycles. The van der Waals surface area contributed by atoms with Crippen molar-refractivity contribution in [1.29, 1.82) is 0 Å². The van der Waals surface area contributed by atoms with Crippen molar-refractivity contribution in [3.05, 3.63) is 24.2 Å². The summed E-state index contributed by atoms with van der Waals surface area (Å²) in [5.74, 6) is 1.09. The van der Waals surface area contributed by atoms with Crippen LogP contribution < -0.4 is 5.32 Å². The number of nitrogens with one attached hydrogen (secondary N) is 1. The monoisotopic (exact) mass is 264 g/mol. The van der Waals surface area contributed by atoms with Gasteiger partial charge in [0.15, 0.2) is 0 Å². The van der Waals surface area contributed by atoms with E-state index in [-0.39, 0.29) is 0 Å². The molecule has 1 aromatic heterocycles. The lowest BCUT2D eigenvalue weighted by atomic mass is 9.84. The van der Waals surface area contributed by atoms with Gasteiger partial charge in [-0.3, -0.25) is 4.90 Å². The third-order valence-corrected chi connectivity index (χ3v) is 4.04. The quantitative estimate of drug-likeness (QED) is 0.742. The highest BCUT2D eigenvalue weighted by molar-refractivity contribution is 5.00. The van der Waals surface area contributed by atoms with Gasteiger partial charge in [0, 0.05) is 19.1 Å². The maximum atomic E-state index is 5.52. The molecule has 3 heteroatoms. The van der Waals surface area contributed by atoms with Crippen LogP contribution in [0.25, 0.3) is 0 Å². The smallest absolute Gasteiger partial charge is 0.117 e. The Morgan fingerprint density at radius 1 is 1.47 bits per heavy atom. The van der Waals surface area contributed by atoms with E-state index in [4.69, 9.17) is 4.42 Å². The van der Waals surface area contributed by atoms with Crippen LogP contribution in [0.3, 0.4) is 0 Å². The molecular weight excluding hydrogens is 236 g/mol. The van der Waals surface area contributed by atoms with E-state index in [2.05, 4.69) is 37.2 Å². The fourth-order valence-corrected chi connectivity index (χ4v) is 3.10. The van der Waals surface area contributed by atoms with E-state index < -0.39 is 0 Å². The second-order valence-electron chi connectivity index (χ2n) is 6.31. The van der Waals surface area contributed by atoms with Crippen molar-refractivity contribution >= 4 is 0 Å². The SMILES string of the molecule is CCCC(C)(CNC)CN(Cc1ccco1)C1CC1. The summed E-state index contributed by atoms with van der Waals surface area (Å²) >= 11 is 0. The summed E-state index contributed by atoms with van der Waals surface area (Å²) in [5, 5.41) is 3.37. The third-order valence-electron chi connectivity index (χ3n) is 4.04. The number of hydrogen-bond donors (Lipinski definition) is 1. The largest absolute Gasteiger partial charge is 0.468 e. The normalized spacial score (nSPS) is 18.7. The molecule has 1 heterocycles. The highest BCUT2D eigenvalue weighted by Crippen LogP contribution is 2.33. The highest BCUT2D eigenvalue weighted by atomic mass is 16.3. The third kappa shape index (κ3) is 4.36. The van der Waals surface area contributed by atoms with E-state index in [1.165, 1.54) is 25.7 Å². The molecule has 0 aromatic carbocycles. The van der Waals surface area contributed by atoms with Crippen molar-refractivity contribution in [2.45, 2.75) is 52.1 Å². The van der Waals surface area contributed by atoms with Gasteiger partial charge < -0.3 is 9.73 Å². The summed E-state index contributed by atoms with van der Waals surface area (Å²) in [6.45, 7) is 7.89. The van der Waals surface area contributed by atoms with Gasteiger partial charge in [0.1, 0.15) is 5.76 Å². The van der Waals surface area contributed by atoms with E-state index >= 15 is 0 Å². The standard InChI is InChI=1S/C16H28N2O/c1-4-9-16(2,12-17-3)13-18(14-7-8-14)11-15-6-5-10-19-15/h5-6,10,14,17H,4,7-9,11-13H2,1-3H3. The molecule has 2 rings (SSSR count). The molecule has 1 saturated carbocycles. The zero-order valence-corrected chi connectivity index (χ0v) is 12.6. The summed E-state index contributed by atoms with van der Waals surface area (Å²) in [4.78, 5) is 2.62. The van der Waals surface area contributed by atoms with Crippen molar-refractivity contribution in [2.75, 3.05) is 20.1 Å². The van der Waals surface area contributed by atoms with Gasteiger partial charge in [-0.2, -0.15) is 0 Å². The van der Waals surface area contributed by atoms with Crippen LogP contribution in [-0.2, 0) is 6.54 Å². The van der Waals surface area contributed by atoms with Gasteiger partial charge in [0.05, 0.1) is 12.8 Å². The Morgan fingerprint density at radius 2 is 2.26 bits per heavy atom. The van der Waals surface area contributed by atoms with Crippen LogP contribution in [0.4, 0.5) is 0 Å². The second kappa shape index (κ2) is 6.58. The summed E-state index contributed by atoms with van der Waals surface area (Å²) in [5.41, 5.74) is 0.360. The topological polar surface area (TPSA) is 28.4 Å². The zero-order chi connectivity index (χ0) is 13.7. The van der Waals surface area contributed by atoms with E-state index in [1.807, 2.05) is 6.07 Å². The molecule has 0 bridgehead atoms. The lowest BCUT2D eigenvalue weighted by Crippen LogP contribution is -2.42. The number of furan rings is 1. The molecule has 1 aliphatic rings. The number of nitrogens with zero attached hydrogens (tertiary/aromatic N) is 1. The zero-order valence-electron chi connectivity index (χ0n) is 12.6. The van der Waals surface area contributed by atoms with Crippen LogP contribution in [0.1, 0.15) is 45.3 Å². The van der Waals surface area contributed by atoms with E-state index in [9.17, 15) is 0 Å². The first-order valence-electron chi connectivity index (χ1n) is 7.58. The van der Waals surface area contributed by atoms with Crippen LogP contribution in [0.15, 0.2) is 22.8 Å². The summed E-state index contributed by atoms with van der Waals surface area (Å²) < 4.78 is 5.52. The molecule has 19 heavy (non-hydrogen) atoms. The molecule has 0 aliphatic heterocycles. The number of hydrogen-bond acceptors (Lipinski definition) is 3. The predicted octanol–water partition coefficient (Wildman–Crippen LogP) is 3.27. The van der Waals surface area contributed by atoms with Gasteiger partial charge >= 0.3 is 0 Å². The molecule has 1 N–H and O–H groups in total. The van der Waals surface area contributed by atoms with E-state index in [1.54, 1.807) is 6.26 Å². The lowest BCUT2D eigenvalue weighted by molar-refractivity contribution is 0.131. The van der Waals surface area contributed by atoms with Crippen LogP contribution in [0.5, 0.6) is 0 Å². The summed E-state index contributed by atoms with van der Waals surface area (Å²) in [6, 6.07) is 4.85. The fourth-order valence-electron chi connectivity index (χ4n) is 3.10. The predicted molar refractivity (Wildman–Crippen MR) is 79.1 cm³/mol. The van der Waals surface area contributed by atoms with Gasteiger partial charge in [-0.05, 0) is 43.9 Å². The number of rotatable bonds is 9. The maximum absolute atomic E-state index is 5.52. The Bertz CT molecular complexity index is 351. The Hall–Kier alpha value is -0.800. The van der Waals surface area contributed by atoms with Gasteiger partial charge in [-0.25, -0.2) is 0 Å². The van der Waals surface area contributed by atoms with Gasteiger partial charge in [-0.15, -0.1) is 0 Å². The summed E-state index contributed by atoms with van der Waals surface area (Å²) in [7, 11) is 2.06. The Balaban J connectivity index is 1.98. The van der Waals surface area contributed by atoms with Crippen LogP contribution in [0.2, 0.25) is 0 Å². The molecule has 0 saturated heterocycles. The van der Waals surface area contributed by atoms with E-state index in [0.29, 0.717) is 5.41 Å². The van der Waals surface area contributed by atoms with Crippen LogP contribution in [-0.4, -0.2) is 31.1 Å². The average Bonchev–Trinajstić information content (AvgIpc) is 3.08. The lowest BCUT2D eigenvalue weighted by Gasteiger charge is -2.35. The Kier molecular flexibility index (Phi) is 5.06. The average molecular weight is 264 g/mol. The first kappa shape index (κ1) is 14.6. The molecule has 0 amide bonds. The molecule has 1 fully saturated rings. The van der Waals surface area contributed by atoms with Crippen LogP contribution >= 0.6 is 0 Å². The van der Waals surface area contributed by atoms with E-state index in [0.717, 1.165) is 31.4 Å². The second-order valence-corrected chi connectivity index (χ2v) is 6.31. The highest BCUT2D eigenvalue weighted by Gasteiger charge is 2.34. The van der Waals surface area contributed by atoms with Gasteiger partial charge in [-0.1, -0.05) is 20.3 Å². The van der Waals surface area contributed by atoms with Gasteiger partial charge in [0.2, 0.25) is 0 Å². The molecule has 1 atom stereocenters. The molecule has 0 radical (unpaired) electrons. The Labute approximate surface area is 117 Å². The molecule has 0 spiro atoms. The van der Waals surface area contributed by atoms with Gasteiger partial charge in [0.25, 0.3) is 0 Å². The van der Waals surface area contributed by atoms with Crippen molar-refractivity contribution in [2.24, 2.45) is 5.41 Å². The van der Waals surface area contributed by atoms with Crippen LogP contribution in [0, 0.1) is 5.41 Å². The first-order valence-corrected chi connectivity index (χ1v) is 7.58. The molecular formula is C16H28N2O. The minimum absolute atomic E-state index is 0.360. The Morgan fingerprint density at radius 3 is 2.79 bits per heavy atom. The molecule has 1 aromatic rings. The van der Waals surface area contributed by atoms with Crippen molar-refractivity contribution in [3.8, 4) is 0 Å². The fraction of sp³-hybridized carbons (Fsp3) is 0.750. The summed E-state index contributed by atoms with van der Waals surface area (Å²) in [6.07, 6.45) is 7.00. The van der Waals surface area contributed by atoms with Crippen molar-refractivity contribution in [1.82, 2.24) is 10.2 Å².